The number of carbonyl (C=O) groups is 1. The van der Waals surface area contributed by atoms with E-state index in [4.69, 9.17) is 8.92 Å². The SMILES string of the molecule is O=C1OC(c2ccc(Br)cc2)=NC1=Cc1ccc(OS(=O)(=O)c2ccccc2)cc1. The Morgan fingerprint density at radius 2 is 1.57 bits per heavy atom. The molecule has 30 heavy (non-hydrogen) atoms. The van der Waals surface area contributed by atoms with Gasteiger partial charge in [-0.1, -0.05) is 46.3 Å². The van der Waals surface area contributed by atoms with Gasteiger partial charge in [-0.3, -0.25) is 0 Å². The summed E-state index contributed by atoms with van der Waals surface area (Å²) in [6.07, 6.45) is 1.56. The lowest BCUT2D eigenvalue weighted by Gasteiger charge is -2.07. The van der Waals surface area contributed by atoms with Gasteiger partial charge in [0.15, 0.2) is 5.70 Å². The van der Waals surface area contributed by atoms with Crippen molar-refractivity contribution in [3.8, 4) is 5.75 Å². The zero-order valence-electron chi connectivity index (χ0n) is 15.4. The molecule has 0 unspecified atom stereocenters. The molecule has 0 atom stereocenters. The number of cyclic esters (lactones) is 1. The third-order valence-corrected chi connectivity index (χ3v) is 5.92. The number of ether oxygens (including phenoxy) is 1. The molecule has 0 aromatic heterocycles. The van der Waals surface area contributed by atoms with Crippen LogP contribution in [0.25, 0.3) is 6.08 Å². The standard InChI is InChI=1S/C22H14BrNO5S/c23-17-10-8-16(9-11-17)21-24-20(22(25)28-21)14-15-6-12-18(13-7-15)29-30(26,27)19-4-2-1-3-5-19/h1-14H. The fraction of sp³-hybridized carbons (Fsp3) is 0. The van der Waals surface area contributed by atoms with Crippen LogP contribution in [0.3, 0.4) is 0 Å². The van der Waals surface area contributed by atoms with Crippen molar-refractivity contribution in [1.29, 1.82) is 0 Å². The van der Waals surface area contributed by atoms with Gasteiger partial charge in [-0.05, 0) is 60.2 Å². The number of hydrogen-bond donors (Lipinski definition) is 0. The van der Waals surface area contributed by atoms with Crippen molar-refractivity contribution in [3.63, 3.8) is 0 Å². The molecule has 0 aliphatic carbocycles. The van der Waals surface area contributed by atoms with Gasteiger partial charge in [0.1, 0.15) is 10.6 Å². The number of esters is 1. The maximum absolute atomic E-state index is 12.3. The van der Waals surface area contributed by atoms with Gasteiger partial charge in [-0.2, -0.15) is 8.42 Å². The Balaban J connectivity index is 1.52. The topological polar surface area (TPSA) is 82.0 Å². The lowest BCUT2D eigenvalue weighted by atomic mass is 10.2. The fourth-order valence-corrected chi connectivity index (χ4v) is 3.88. The van der Waals surface area contributed by atoms with Crippen molar-refractivity contribution in [3.05, 3.63) is 100 Å². The number of rotatable bonds is 5. The highest BCUT2D eigenvalue weighted by atomic mass is 79.9. The predicted octanol–water partition coefficient (Wildman–Crippen LogP) is 4.56. The summed E-state index contributed by atoms with van der Waals surface area (Å²) in [4.78, 5) is 16.4. The summed E-state index contributed by atoms with van der Waals surface area (Å²) in [5, 5.41) is 0. The van der Waals surface area contributed by atoms with Gasteiger partial charge in [-0.25, -0.2) is 9.79 Å². The molecule has 3 aromatic rings. The molecule has 0 radical (unpaired) electrons. The molecule has 0 N–H and O–H groups in total. The predicted molar refractivity (Wildman–Crippen MR) is 115 cm³/mol. The highest BCUT2D eigenvalue weighted by Crippen LogP contribution is 2.23. The van der Waals surface area contributed by atoms with Gasteiger partial charge in [0, 0.05) is 10.0 Å². The molecule has 1 aliphatic rings. The van der Waals surface area contributed by atoms with E-state index in [0.29, 0.717) is 11.1 Å². The molecule has 0 saturated heterocycles. The first-order valence-electron chi connectivity index (χ1n) is 8.79. The third kappa shape index (κ3) is 4.50. The zero-order chi connectivity index (χ0) is 21.1. The summed E-state index contributed by atoms with van der Waals surface area (Å²) >= 11 is 3.35. The lowest BCUT2D eigenvalue weighted by Crippen LogP contribution is -2.09. The van der Waals surface area contributed by atoms with Crippen LogP contribution >= 0.6 is 15.9 Å². The molecule has 6 nitrogen and oxygen atoms in total. The van der Waals surface area contributed by atoms with Crippen LogP contribution in [-0.4, -0.2) is 20.3 Å². The first-order chi connectivity index (χ1) is 14.4. The minimum Gasteiger partial charge on any atom is -0.402 e. The van der Waals surface area contributed by atoms with E-state index in [1.807, 2.05) is 12.1 Å². The summed E-state index contributed by atoms with van der Waals surface area (Å²) in [6.45, 7) is 0. The van der Waals surface area contributed by atoms with Crippen LogP contribution in [0.1, 0.15) is 11.1 Å². The summed E-state index contributed by atoms with van der Waals surface area (Å²) < 4.78 is 35.9. The molecule has 1 aliphatic heterocycles. The number of nitrogens with zero attached hydrogens (tertiary/aromatic N) is 1. The third-order valence-electron chi connectivity index (χ3n) is 4.13. The van der Waals surface area contributed by atoms with E-state index >= 15 is 0 Å². The molecular weight excluding hydrogens is 470 g/mol. The van der Waals surface area contributed by atoms with E-state index in [1.54, 1.807) is 48.5 Å². The van der Waals surface area contributed by atoms with Gasteiger partial charge in [0.2, 0.25) is 5.90 Å². The van der Waals surface area contributed by atoms with Crippen LogP contribution in [0.5, 0.6) is 5.75 Å². The number of halogens is 1. The Labute approximate surface area is 181 Å². The molecule has 0 bridgehead atoms. The van der Waals surface area contributed by atoms with E-state index < -0.39 is 16.1 Å². The van der Waals surface area contributed by atoms with E-state index in [2.05, 4.69) is 20.9 Å². The Bertz CT molecular complexity index is 1250. The van der Waals surface area contributed by atoms with Crippen LogP contribution in [0.4, 0.5) is 0 Å². The Morgan fingerprint density at radius 1 is 0.900 bits per heavy atom. The summed E-state index contributed by atoms with van der Waals surface area (Å²) in [7, 11) is -3.91. The number of benzene rings is 3. The summed E-state index contributed by atoms with van der Waals surface area (Å²) in [5.41, 5.74) is 1.48. The fourth-order valence-electron chi connectivity index (χ4n) is 2.66. The van der Waals surface area contributed by atoms with E-state index in [0.717, 1.165) is 4.47 Å². The molecule has 0 amide bonds. The molecule has 1 heterocycles. The Hall–Kier alpha value is -3.23. The highest BCUT2D eigenvalue weighted by molar-refractivity contribution is 9.10. The van der Waals surface area contributed by atoms with Crippen molar-refractivity contribution in [2.45, 2.75) is 4.90 Å². The monoisotopic (exact) mass is 483 g/mol. The second-order valence-corrected chi connectivity index (χ2v) is 8.72. The molecule has 150 valence electrons. The largest absolute Gasteiger partial charge is 0.402 e. The average Bonchev–Trinajstić information content (AvgIpc) is 3.11. The minimum atomic E-state index is -3.91. The van der Waals surface area contributed by atoms with Crippen molar-refractivity contribution in [1.82, 2.24) is 0 Å². The van der Waals surface area contributed by atoms with Gasteiger partial charge in [-0.15, -0.1) is 0 Å². The normalized spacial score (nSPS) is 15.0. The molecule has 0 saturated carbocycles. The van der Waals surface area contributed by atoms with E-state index in [9.17, 15) is 13.2 Å². The van der Waals surface area contributed by atoms with Crippen molar-refractivity contribution >= 4 is 44.0 Å². The Kier molecular flexibility index (Phi) is 5.52. The van der Waals surface area contributed by atoms with E-state index in [-0.39, 0.29) is 22.2 Å². The van der Waals surface area contributed by atoms with Crippen LogP contribution in [-0.2, 0) is 19.6 Å². The minimum absolute atomic E-state index is 0.0692. The molecule has 0 spiro atoms. The van der Waals surface area contributed by atoms with Crippen molar-refractivity contribution < 1.29 is 22.1 Å². The summed E-state index contributed by atoms with van der Waals surface area (Å²) in [6, 6.07) is 21.4. The quantitative estimate of drug-likeness (QED) is 0.301. The summed E-state index contributed by atoms with van der Waals surface area (Å²) in [5.74, 6) is -0.165. The number of hydrogen-bond acceptors (Lipinski definition) is 6. The van der Waals surface area contributed by atoms with Crippen molar-refractivity contribution in [2.24, 2.45) is 4.99 Å². The Morgan fingerprint density at radius 3 is 2.23 bits per heavy atom. The van der Waals surface area contributed by atoms with Crippen LogP contribution in [0.2, 0.25) is 0 Å². The zero-order valence-corrected chi connectivity index (χ0v) is 17.8. The maximum Gasteiger partial charge on any atom is 0.363 e. The smallest absolute Gasteiger partial charge is 0.363 e. The van der Waals surface area contributed by atoms with Crippen LogP contribution in [0, 0.1) is 0 Å². The number of aliphatic imine (C=N–C) groups is 1. The molecule has 4 rings (SSSR count). The van der Waals surface area contributed by atoms with Gasteiger partial charge >= 0.3 is 16.1 Å². The number of carbonyl (C=O) groups excluding carboxylic acids is 1. The van der Waals surface area contributed by atoms with Gasteiger partial charge in [0.05, 0.1) is 0 Å². The first kappa shape index (κ1) is 20.1. The molecular formula is C22H14BrNO5S. The van der Waals surface area contributed by atoms with E-state index in [1.165, 1.54) is 24.3 Å². The average molecular weight is 484 g/mol. The molecule has 3 aromatic carbocycles. The first-order valence-corrected chi connectivity index (χ1v) is 11.0. The molecule has 0 fully saturated rings. The highest BCUT2D eigenvalue weighted by Gasteiger charge is 2.24. The maximum atomic E-state index is 12.3. The lowest BCUT2D eigenvalue weighted by molar-refractivity contribution is -0.129. The second-order valence-electron chi connectivity index (χ2n) is 6.26. The van der Waals surface area contributed by atoms with Crippen LogP contribution in [0.15, 0.2) is 98.9 Å². The van der Waals surface area contributed by atoms with Gasteiger partial charge < -0.3 is 8.92 Å². The van der Waals surface area contributed by atoms with Crippen LogP contribution < -0.4 is 4.18 Å². The second kappa shape index (κ2) is 8.25. The van der Waals surface area contributed by atoms with Crippen molar-refractivity contribution in [2.75, 3.05) is 0 Å². The van der Waals surface area contributed by atoms with Gasteiger partial charge in [0.25, 0.3) is 0 Å². The molecule has 8 heteroatoms.